The van der Waals surface area contributed by atoms with Crippen molar-refractivity contribution >= 4 is 17.3 Å². The van der Waals surface area contributed by atoms with Gasteiger partial charge < -0.3 is 15.5 Å². The molecule has 0 aliphatic carbocycles. The molecule has 7 heteroatoms. The Balaban J connectivity index is 1.75. The van der Waals surface area contributed by atoms with Crippen molar-refractivity contribution in [2.75, 3.05) is 31.9 Å². The summed E-state index contributed by atoms with van der Waals surface area (Å²) >= 11 is 0. The Morgan fingerprint density at radius 1 is 1.26 bits per heavy atom. The second-order valence-corrected chi connectivity index (χ2v) is 6.33. The molecule has 2 fully saturated rings. The summed E-state index contributed by atoms with van der Waals surface area (Å²) in [5.41, 5.74) is 5.84. The van der Waals surface area contributed by atoms with E-state index in [1.54, 1.807) is 6.07 Å². The van der Waals surface area contributed by atoms with E-state index in [4.69, 9.17) is 5.73 Å². The van der Waals surface area contributed by atoms with Crippen LogP contribution in [0, 0.1) is 10.1 Å². The van der Waals surface area contributed by atoms with E-state index in [-0.39, 0.29) is 23.3 Å². The highest BCUT2D eigenvalue weighted by atomic mass is 16.6. The topological polar surface area (TPSA) is 92.7 Å². The zero-order valence-electron chi connectivity index (χ0n) is 13.1. The first-order chi connectivity index (χ1) is 11.1. The minimum atomic E-state index is -0.544. The number of nitro groups is 1. The number of carbonyl (C=O) groups is 1. The van der Waals surface area contributed by atoms with Gasteiger partial charge in [0.2, 0.25) is 0 Å². The molecule has 23 heavy (non-hydrogen) atoms. The van der Waals surface area contributed by atoms with Crippen molar-refractivity contribution in [1.29, 1.82) is 0 Å². The first-order valence-electron chi connectivity index (χ1n) is 8.13. The number of nitrogen functional groups attached to an aromatic ring is 1. The van der Waals surface area contributed by atoms with Crippen molar-refractivity contribution < 1.29 is 9.72 Å². The summed E-state index contributed by atoms with van der Waals surface area (Å²) in [5, 5.41) is 11.0. The van der Waals surface area contributed by atoms with Crippen molar-refractivity contribution in [1.82, 2.24) is 9.80 Å². The molecule has 2 saturated heterocycles. The maximum Gasteiger partial charge on any atom is 0.292 e. The van der Waals surface area contributed by atoms with Crippen LogP contribution in [-0.4, -0.2) is 52.9 Å². The standard InChI is InChI=1S/C16H22N4O3/c17-14-6-5-12(10-15(14)20(22)23)16(21)19-9-3-4-13(19)11-18-7-1-2-8-18/h5-6,10,13H,1-4,7-9,11,17H2/t13-/m0/s1. The molecule has 124 valence electrons. The quantitative estimate of drug-likeness (QED) is 0.520. The Bertz CT molecular complexity index is 613. The number of anilines is 1. The van der Waals surface area contributed by atoms with Gasteiger partial charge in [0.25, 0.3) is 11.6 Å². The Morgan fingerprint density at radius 2 is 2.00 bits per heavy atom. The molecule has 0 unspecified atom stereocenters. The van der Waals surface area contributed by atoms with Gasteiger partial charge in [-0.2, -0.15) is 0 Å². The van der Waals surface area contributed by atoms with Crippen LogP contribution in [0.25, 0.3) is 0 Å². The summed E-state index contributed by atoms with van der Waals surface area (Å²) in [4.78, 5) is 27.5. The molecule has 2 N–H and O–H groups in total. The lowest BCUT2D eigenvalue weighted by Crippen LogP contribution is -2.42. The van der Waals surface area contributed by atoms with Crippen LogP contribution < -0.4 is 5.73 Å². The van der Waals surface area contributed by atoms with E-state index in [2.05, 4.69) is 4.90 Å². The minimum absolute atomic E-state index is 0.0848. The minimum Gasteiger partial charge on any atom is -0.393 e. The molecule has 2 aliphatic heterocycles. The highest BCUT2D eigenvalue weighted by molar-refractivity contribution is 5.96. The first-order valence-corrected chi connectivity index (χ1v) is 8.13. The summed E-state index contributed by atoms with van der Waals surface area (Å²) in [6.45, 7) is 3.83. The molecule has 2 aliphatic rings. The Kier molecular flexibility index (Phi) is 4.47. The van der Waals surface area contributed by atoms with E-state index in [1.165, 1.54) is 25.0 Å². The largest absolute Gasteiger partial charge is 0.393 e. The number of carbonyl (C=O) groups excluding carboxylic acids is 1. The van der Waals surface area contributed by atoms with Crippen molar-refractivity contribution in [2.45, 2.75) is 31.7 Å². The highest BCUT2D eigenvalue weighted by Gasteiger charge is 2.32. The number of hydrogen-bond acceptors (Lipinski definition) is 5. The van der Waals surface area contributed by atoms with Gasteiger partial charge in [0.05, 0.1) is 4.92 Å². The summed E-state index contributed by atoms with van der Waals surface area (Å²) in [7, 11) is 0. The molecule has 1 aromatic carbocycles. The van der Waals surface area contributed by atoms with Crippen LogP contribution in [-0.2, 0) is 0 Å². The van der Waals surface area contributed by atoms with E-state index in [0.29, 0.717) is 5.56 Å². The SMILES string of the molecule is Nc1ccc(C(=O)N2CCC[C@H]2CN2CCCC2)cc1[N+](=O)[O-]. The maximum atomic E-state index is 12.8. The summed E-state index contributed by atoms with van der Waals surface area (Å²) < 4.78 is 0. The number of rotatable bonds is 4. The van der Waals surface area contributed by atoms with Crippen molar-refractivity contribution in [3.8, 4) is 0 Å². The second kappa shape index (κ2) is 6.54. The lowest BCUT2D eigenvalue weighted by molar-refractivity contribution is -0.383. The Hall–Kier alpha value is -2.15. The van der Waals surface area contributed by atoms with E-state index >= 15 is 0 Å². The lowest BCUT2D eigenvalue weighted by Gasteiger charge is -2.28. The van der Waals surface area contributed by atoms with Crippen LogP contribution in [0.5, 0.6) is 0 Å². The van der Waals surface area contributed by atoms with Gasteiger partial charge in [-0.15, -0.1) is 0 Å². The van der Waals surface area contributed by atoms with E-state index in [1.807, 2.05) is 4.90 Å². The molecule has 0 aromatic heterocycles. The fourth-order valence-electron chi connectivity index (χ4n) is 3.56. The van der Waals surface area contributed by atoms with E-state index in [0.717, 1.165) is 39.0 Å². The Morgan fingerprint density at radius 3 is 2.70 bits per heavy atom. The number of amides is 1. The maximum absolute atomic E-state index is 12.8. The number of nitrogens with zero attached hydrogens (tertiary/aromatic N) is 3. The number of nitrogens with two attached hydrogens (primary N) is 1. The molecular weight excluding hydrogens is 296 g/mol. The van der Waals surface area contributed by atoms with Gasteiger partial charge in [-0.1, -0.05) is 0 Å². The Labute approximate surface area is 135 Å². The molecule has 1 atom stereocenters. The van der Waals surface area contributed by atoms with Crippen LogP contribution in [0.3, 0.4) is 0 Å². The molecule has 1 aromatic rings. The van der Waals surface area contributed by atoms with Gasteiger partial charge >= 0.3 is 0 Å². The van der Waals surface area contributed by atoms with Crippen LogP contribution in [0.1, 0.15) is 36.0 Å². The highest BCUT2D eigenvalue weighted by Crippen LogP contribution is 2.26. The third-order valence-electron chi connectivity index (χ3n) is 4.78. The normalized spacial score (nSPS) is 21.7. The average Bonchev–Trinajstić information content (AvgIpc) is 3.19. The molecule has 3 rings (SSSR count). The van der Waals surface area contributed by atoms with Gasteiger partial charge in [0.15, 0.2) is 0 Å². The van der Waals surface area contributed by atoms with Crippen molar-refractivity contribution in [2.24, 2.45) is 0 Å². The number of hydrogen-bond donors (Lipinski definition) is 1. The van der Waals surface area contributed by atoms with E-state index < -0.39 is 4.92 Å². The molecule has 0 spiro atoms. The van der Waals surface area contributed by atoms with Gasteiger partial charge in [0.1, 0.15) is 5.69 Å². The zero-order chi connectivity index (χ0) is 16.4. The second-order valence-electron chi connectivity index (χ2n) is 6.33. The smallest absolute Gasteiger partial charge is 0.292 e. The molecule has 0 bridgehead atoms. The van der Waals surface area contributed by atoms with Crippen LogP contribution in [0.15, 0.2) is 18.2 Å². The van der Waals surface area contributed by atoms with Crippen LogP contribution in [0.2, 0.25) is 0 Å². The van der Waals surface area contributed by atoms with Gasteiger partial charge in [-0.05, 0) is 50.9 Å². The molecule has 7 nitrogen and oxygen atoms in total. The van der Waals surface area contributed by atoms with E-state index in [9.17, 15) is 14.9 Å². The predicted octanol–water partition coefficient (Wildman–Crippen LogP) is 1.88. The molecule has 1 amide bonds. The van der Waals surface area contributed by atoms with Gasteiger partial charge in [0, 0.05) is 30.8 Å². The lowest BCUT2D eigenvalue weighted by atomic mass is 10.1. The number of nitro benzene ring substituents is 1. The van der Waals surface area contributed by atoms with Crippen LogP contribution >= 0.6 is 0 Å². The van der Waals surface area contributed by atoms with Crippen molar-refractivity contribution in [3.63, 3.8) is 0 Å². The third-order valence-corrected chi connectivity index (χ3v) is 4.78. The third kappa shape index (κ3) is 3.29. The molecule has 0 radical (unpaired) electrons. The number of likely N-dealkylation sites (tertiary alicyclic amines) is 2. The average molecular weight is 318 g/mol. The van der Waals surface area contributed by atoms with Gasteiger partial charge in [-0.25, -0.2) is 0 Å². The zero-order valence-corrected chi connectivity index (χ0v) is 13.1. The summed E-state index contributed by atoms with van der Waals surface area (Å²) in [6, 6.07) is 4.52. The molecule has 0 saturated carbocycles. The van der Waals surface area contributed by atoms with Crippen LogP contribution in [0.4, 0.5) is 11.4 Å². The fraction of sp³-hybridized carbons (Fsp3) is 0.562. The predicted molar refractivity (Wildman–Crippen MR) is 87.2 cm³/mol. The monoisotopic (exact) mass is 318 g/mol. The van der Waals surface area contributed by atoms with Gasteiger partial charge in [-0.3, -0.25) is 14.9 Å². The molecular formula is C16H22N4O3. The molecule has 2 heterocycles. The fourth-order valence-corrected chi connectivity index (χ4v) is 3.56. The summed E-state index contributed by atoms with van der Waals surface area (Å²) in [6.07, 6.45) is 4.44. The first kappa shape index (κ1) is 15.7. The summed E-state index contributed by atoms with van der Waals surface area (Å²) in [5.74, 6) is -0.130. The number of benzene rings is 1. The van der Waals surface area contributed by atoms with Crippen molar-refractivity contribution in [3.05, 3.63) is 33.9 Å².